The van der Waals surface area contributed by atoms with Crippen LogP contribution in [0, 0.1) is 0 Å². The summed E-state index contributed by atoms with van der Waals surface area (Å²) in [5.74, 6) is -0.798. The van der Waals surface area contributed by atoms with Crippen LogP contribution >= 0.6 is 0 Å². The van der Waals surface area contributed by atoms with E-state index >= 15 is 0 Å². The third-order valence-electron chi connectivity index (χ3n) is 1.92. The van der Waals surface area contributed by atoms with Gasteiger partial charge in [-0.2, -0.15) is 0 Å². The Kier molecular flexibility index (Phi) is 4.99. The van der Waals surface area contributed by atoms with E-state index in [0.717, 1.165) is 12.8 Å². The summed E-state index contributed by atoms with van der Waals surface area (Å²) in [6.45, 7) is 8.65. The smallest absolute Gasteiger partial charge is 0.330 e. The molecule has 0 aromatic carbocycles. The molecule has 0 rings (SSSR count). The van der Waals surface area contributed by atoms with Crippen molar-refractivity contribution in [2.45, 2.75) is 45.5 Å². The van der Waals surface area contributed by atoms with Crippen molar-refractivity contribution in [1.82, 2.24) is 0 Å². The van der Waals surface area contributed by atoms with Crippen LogP contribution in [0.4, 0.5) is 0 Å². The molecule has 0 aliphatic heterocycles. The molecule has 0 aromatic rings. The molecule has 0 heterocycles. The zero-order chi connectivity index (χ0) is 10.5. The van der Waals surface area contributed by atoms with Gasteiger partial charge in [-0.25, -0.2) is 4.79 Å². The van der Waals surface area contributed by atoms with Gasteiger partial charge in [-0.15, -0.1) is 0 Å². The fourth-order valence-corrected chi connectivity index (χ4v) is 2.30. The van der Waals surface area contributed by atoms with Crippen molar-refractivity contribution in [3.05, 3.63) is 11.6 Å². The molecule has 0 aliphatic carbocycles. The van der Waals surface area contributed by atoms with Crippen LogP contribution in [0.2, 0.25) is 25.7 Å². The number of allylic oxidation sites excluding steroid dienone is 1. The van der Waals surface area contributed by atoms with Crippen molar-refractivity contribution in [1.29, 1.82) is 0 Å². The molecule has 0 bridgehead atoms. The van der Waals surface area contributed by atoms with Gasteiger partial charge < -0.3 is 5.11 Å². The van der Waals surface area contributed by atoms with Gasteiger partial charge in [0.2, 0.25) is 0 Å². The number of carbonyl (C=O) groups is 1. The van der Waals surface area contributed by atoms with E-state index in [1.165, 1.54) is 6.04 Å². The summed E-state index contributed by atoms with van der Waals surface area (Å²) in [5, 5.41) is 8.58. The standard InChI is InChI=1S/C10H20O2Si/c1-9(10(11)12)7-5-6-8-13(2,3)4/h7H,5-6,8H2,1-4H3,(H,11,12)/b9-7+. The summed E-state index contributed by atoms with van der Waals surface area (Å²) in [4.78, 5) is 10.4. The van der Waals surface area contributed by atoms with E-state index in [9.17, 15) is 4.79 Å². The Hall–Kier alpha value is -0.573. The molecule has 0 aliphatic rings. The van der Waals surface area contributed by atoms with E-state index in [1.54, 1.807) is 6.92 Å². The van der Waals surface area contributed by atoms with Crippen LogP contribution in [-0.2, 0) is 4.79 Å². The first-order valence-electron chi connectivity index (χ1n) is 4.73. The molecular formula is C10H20O2Si. The Morgan fingerprint density at radius 2 is 1.92 bits per heavy atom. The van der Waals surface area contributed by atoms with Crippen LogP contribution in [0.15, 0.2) is 11.6 Å². The first kappa shape index (κ1) is 12.4. The van der Waals surface area contributed by atoms with E-state index in [2.05, 4.69) is 19.6 Å². The molecule has 1 N–H and O–H groups in total. The zero-order valence-electron chi connectivity index (χ0n) is 9.05. The van der Waals surface area contributed by atoms with E-state index < -0.39 is 14.0 Å². The summed E-state index contributed by atoms with van der Waals surface area (Å²) in [7, 11) is -0.933. The fraction of sp³-hybridized carbons (Fsp3) is 0.700. The van der Waals surface area contributed by atoms with Crippen molar-refractivity contribution in [3.8, 4) is 0 Å². The normalized spacial score (nSPS) is 13.1. The molecule has 0 saturated heterocycles. The predicted molar refractivity (Wildman–Crippen MR) is 58.8 cm³/mol. The first-order chi connectivity index (χ1) is 5.83. The minimum Gasteiger partial charge on any atom is -0.478 e. The maximum Gasteiger partial charge on any atom is 0.330 e. The van der Waals surface area contributed by atoms with Crippen molar-refractivity contribution in [2.24, 2.45) is 0 Å². The molecule has 0 amide bonds. The maximum atomic E-state index is 10.4. The van der Waals surface area contributed by atoms with Crippen molar-refractivity contribution in [2.75, 3.05) is 0 Å². The van der Waals surface area contributed by atoms with E-state index in [0.29, 0.717) is 5.57 Å². The number of carboxylic acids is 1. The second-order valence-corrected chi connectivity index (χ2v) is 10.3. The van der Waals surface area contributed by atoms with E-state index in [-0.39, 0.29) is 0 Å². The minimum atomic E-state index is -0.933. The van der Waals surface area contributed by atoms with Gasteiger partial charge in [0, 0.05) is 13.6 Å². The average molecular weight is 200 g/mol. The SMILES string of the molecule is C/C(=C\CCC[Si](C)(C)C)C(=O)O. The second-order valence-electron chi connectivity index (χ2n) is 4.65. The number of unbranched alkanes of at least 4 members (excludes halogenated alkanes) is 1. The topological polar surface area (TPSA) is 37.3 Å². The lowest BCUT2D eigenvalue weighted by molar-refractivity contribution is -0.132. The minimum absolute atomic E-state index is 0.468. The van der Waals surface area contributed by atoms with Crippen molar-refractivity contribution >= 4 is 14.0 Å². The molecule has 2 nitrogen and oxygen atoms in total. The lowest BCUT2D eigenvalue weighted by Gasteiger charge is -2.14. The summed E-state index contributed by atoms with van der Waals surface area (Å²) >= 11 is 0. The highest BCUT2D eigenvalue weighted by molar-refractivity contribution is 6.76. The molecule has 0 radical (unpaired) electrons. The summed E-state index contributed by atoms with van der Waals surface area (Å²) < 4.78 is 0. The zero-order valence-corrected chi connectivity index (χ0v) is 10.1. The molecule has 0 fully saturated rings. The molecular weight excluding hydrogens is 180 g/mol. The van der Waals surface area contributed by atoms with Crippen LogP contribution in [0.5, 0.6) is 0 Å². The van der Waals surface area contributed by atoms with Crippen LogP contribution in [-0.4, -0.2) is 19.1 Å². The van der Waals surface area contributed by atoms with Gasteiger partial charge in [0.15, 0.2) is 0 Å². The lowest BCUT2D eigenvalue weighted by atomic mass is 10.2. The molecule has 3 heteroatoms. The predicted octanol–water partition coefficient (Wildman–Crippen LogP) is 3.14. The third-order valence-corrected chi connectivity index (χ3v) is 3.77. The van der Waals surface area contributed by atoms with Crippen molar-refractivity contribution < 1.29 is 9.90 Å². The second kappa shape index (κ2) is 5.22. The monoisotopic (exact) mass is 200 g/mol. The Balaban J connectivity index is 3.68. The van der Waals surface area contributed by atoms with Gasteiger partial charge in [-0.05, 0) is 13.3 Å². The van der Waals surface area contributed by atoms with Crippen LogP contribution in [0.3, 0.4) is 0 Å². The summed E-state index contributed by atoms with van der Waals surface area (Å²) in [5.41, 5.74) is 0.468. The maximum absolute atomic E-state index is 10.4. The number of carboxylic acid groups (broad SMARTS) is 1. The van der Waals surface area contributed by atoms with E-state index in [1.807, 2.05) is 6.08 Å². The molecule has 0 aromatic heterocycles. The Labute approximate surface area is 81.7 Å². The van der Waals surface area contributed by atoms with Gasteiger partial charge in [-0.3, -0.25) is 0 Å². The average Bonchev–Trinajstić information content (AvgIpc) is 1.95. The Bertz CT molecular complexity index is 201. The van der Waals surface area contributed by atoms with Crippen molar-refractivity contribution in [3.63, 3.8) is 0 Å². The molecule has 76 valence electrons. The fourth-order valence-electron chi connectivity index (χ4n) is 1.04. The Morgan fingerprint density at radius 1 is 1.38 bits per heavy atom. The highest BCUT2D eigenvalue weighted by atomic mass is 28.3. The summed E-state index contributed by atoms with van der Waals surface area (Å²) in [6.07, 6.45) is 3.85. The quantitative estimate of drug-likeness (QED) is 0.420. The van der Waals surface area contributed by atoms with Crippen LogP contribution in [0.1, 0.15) is 19.8 Å². The molecule has 0 atom stereocenters. The van der Waals surface area contributed by atoms with Gasteiger partial charge in [0.25, 0.3) is 0 Å². The number of rotatable bonds is 5. The number of hydrogen-bond acceptors (Lipinski definition) is 1. The van der Waals surface area contributed by atoms with Crippen LogP contribution in [0.25, 0.3) is 0 Å². The highest BCUT2D eigenvalue weighted by Crippen LogP contribution is 2.13. The summed E-state index contributed by atoms with van der Waals surface area (Å²) in [6, 6.07) is 1.27. The largest absolute Gasteiger partial charge is 0.478 e. The van der Waals surface area contributed by atoms with Gasteiger partial charge in [-0.1, -0.05) is 38.2 Å². The highest BCUT2D eigenvalue weighted by Gasteiger charge is 2.11. The molecule has 13 heavy (non-hydrogen) atoms. The number of aliphatic carboxylic acids is 1. The van der Waals surface area contributed by atoms with E-state index in [4.69, 9.17) is 5.11 Å². The lowest BCUT2D eigenvalue weighted by Crippen LogP contribution is -2.18. The third kappa shape index (κ3) is 7.78. The Morgan fingerprint density at radius 3 is 2.31 bits per heavy atom. The number of hydrogen-bond donors (Lipinski definition) is 1. The van der Waals surface area contributed by atoms with Gasteiger partial charge >= 0.3 is 5.97 Å². The van der Waals surface area contributed by atoms with Gasteiger partial charge in [0.05, 0.1) is 0 Å². The van der Waals surface area contributed by atoms with Crippen LogP contribution < -0.4 is 0 Å². The molecule has 0 unspecified atom stereocenters. The molecule has 0 saturated carbocycles. The first-order valence-corrected chi connectivity index (χ1v) is 8.44. The van der Waals surface area contributed by atoms with Gasteiger partial charge in [0.1, 0.15) is 0 Å². The molecule has 0 spiro atoms.